The van der Waals surface area contributed by atoms with Crippen molar-refractivity contribution in [2.45, 2.75) is 65.2 Å². The quantitative estimate of drug-likeness (QED) is 0.0295. The van der Waals surface area contributed by atoms with Crippen molar-refractivity contribution in [3.8, 4) is 0 Å². The number of nitrogens with zero attached hydrogens (tertiary/aromatic N) is 7. The highest BCUT2D eigenvalue weighted by molar-refractivity contribution is 6.18. The lowest BCUT2D eigenvalue weighted by atomic mass is 10.2. The third-order valence-corrected chi connectivity index (χ3v) is 9.99. The maximum atomic E-state index is 11.3. The molecule has 0 bridgehead atoms. The number of hydrogen-bond donors (Lipinski definition) is 10. The Morgan fingerprint density at radius 3 is 1.39 bits per heavy atom. The van der Waals surface area contributed by atoms with Crippen molar-refractivity contribution in [2.24, 2.45) is 48.0 Å². The van der Waals surface area contributed by atoms with E-state index in [1.807, 2.05) is 166 Å². The molecule has 430 valence electrons. The number of benzene rings is 5. The second-order valence-electron chi connectivity index (χ2n) is 17.3. The van der Waals surface area contributed by atoms with Crippen LogP contribution in [0.1, 0.15) is 68.9 Å². The number of halogens is 2. The lowest BCUT2D eigenvalue weighted by molar-refractivity contribution is 0.219. The summed E-state index contributed by atoms with van der Waals surface area (Å²) in [5, 5.41) is 49.4. The summed E-state index contributed by atoms with van der Waals surface area (Å²) in [4.78, 5) is 43.9. The van der Waals surface area contributed by atoms with Gasteiger partial charge in [-0.3, -0.25) is 0 Å². The number of nitrogens with two attached hydrogens (primary N) is 2. The zero-order valence-corrected chi connectivity index (χ0v) is 47.0. The number of hydrazone groups is 4. The van der Waals surface area contributed by atoms with Gasteiger partial charge in [0.05, 0.1) is 63.5 Å². The Morgan fingerprint density at radius 2 is 1.05 bits per heavy atom. The summed E-state index contributed by atoms with van der Waals surface area (Å²) in [6, 6.07) is 46.1. The SMILES string of the molecule is C[C@@H](N)CO.C[C@@H]1CN(/N=C/c2ccccc2)C(=O)N1.C[C@@H]1CO/C(=N/N=C/c2ccccc2)C1.C[C@H](CCl)NC(=O)N/N=C/c1ccccc1.C[C@H](CO)NC(=O)N/N=C/c1ccccc1.Cl.NC(=O)N/N=C/c1ccccc1. The van der Waals surface area contributed by atoms with Crippen molar-refractivity contribution in [1.82, 2.24) is 37.2 Å². The van der Waals surface area contributed by atoms with Crippen molar-refractivity contribution in [3.05, 3.63) is 179 Å². The van der Waals surface area contributed by atoms with Gasteiger partial charge in [-0.05, 0) is 61.4 Å². The minimum Gasteiger partial charge on any atom is -0.479 e. The molecule has 24 heteroatoms. The van der Waals surface area contributed by atoms with Crippen LogP contribution in [0.25, 0.3) is 0 Å². The molecule has 12 N–H and O–H groups in total. The molecule has 2 aliphatic heterocycles. The third kappa shape index (κ3) is 35.7. The van der Waals surface area contributed by atoms with Crippen LogP contribution in [0.4, 0.5) is 19.2 Å². The molecule has 0 radical (unpaired) electrons. The largest absolute Gasteiger partial charge is 0.479 e. The summed E-state index contributed by atoms with van der Waals surface area (Å²) in [6.45, 7) is 10.7. The molecule has 2 heterocycles. The fraction of sp³-hybridized carbons (Fsp3) is 0.286. The van der Waals surface area contributed by atoms with Gasteiger partial charge in [0.2, 0.25) is 5.90 Å². The number of alkyl halides is 1. The van der Waals surface area contributed by atoms with E-state index in [1.165, 1.54) is 11.2 Å². The Labute approximate surface area is 479 Å². The first-order valence-electron chi connectivity index (χ1n) is 25.0. The highest BCUT2D eigenvalue weighted by Crippen LogP contribution is 2.14. The number of hydrogen-bond acceptors (Lipinski definition) is 14. The first-order valence-corrected chi connectivity index (χ1v) is 25.5. The number of aliphatic hydroxyl groups excluding tert-OH is 2. The zero-order valence-electron chi connectivity index (χ0n) is 45.5. The van der Waals surface area contributed by atoms with E-state index in [2.05, 4.69) is 69.8 Å². The smallest absolute Gasteiger partial charge is 0.338 e. The molecule has 5 atom stereocenters. The second kappa shape index (κ2) is 43.4. The summed E-state index contributed by atoms with van der Waals surface area (Å²) in [6.07, 6.45) is 8.96. The van der Waals surface area contributed by atoms with Crippen LogP contribution in [0.15, 0.2) is 182 Å². The maximum absolute atomic E-state index is 11.3. The van der Waals surface area contributed by atoms with Gasteiger partial charge in [-0.15, -0.1) is 29.1 Å². The molecular formula is C56H75Cl2N15O7. The van der Waals surface area contributed by atoms with Gasteiger partial charge in [0.1, 0.15) is 0 Å². The van der Waals surface area contributed by atoms with Crippen molar-refractivity contribution in [2.75, 3.05) is 32.2 Å². The van der Waals surface area contributed by atoms with Crippen LogP contribution in [0.5, 0.6) is 0 Å². The van der Waals surface area contributed by atoms with Crippen LogP contribution in [-0.4, -0.2) is 133 Å². The molecule has 2 saturated heterocycles. The first-order chi connectivity index (χ1) is 38.1. The second-order valence-corrected chi connectivity index (χ2v) is 17.6. The standard InChI is InChI=1S/C12H14N2O.C11H14ClN3O.C11H15N3O2.C11H13N3O.C8H9N3O.C3H9NO.ClH/c1-10-7-12(15-9-10)14-13-8-11-5-3-2-4-6-11;1-9(7-12)14-11(16)15-13-8-10-5-3-2-4-6-10;1-9(8-15)13-11(16)14-12-7-10-5-3-2-4-6-10;1-9-8-14(11(15)13-9)12-7-10-5-3-2-4-6-10;9-8(12)11-10-6-7-4-2-1-3-5-7;1-3(4)2-5;/h2-6,8,10H,7,9H2,1H3;2-6,8-9H,7H2,1H3,(H2,14,15,16);2-7,9,15H,8H2,1H3,(H2,13,14,16);2-7,9H,8H2,1H3,(H,13,15);1-6H,(H3,9,11,12);3,5H,2,4H2,1H3;1H/b13-8+,14-12+;13-8+;2*12-7+;10-6+;;/t10-;3*9-;;3-;/m0111.1./s1. The minimum absolute atomic E-state index is 0. The van der Waals surface area contributed by atoms with Crippen LogP contribution in [-0.2, 0) is 4.74 Å². The number of nitrogens with one attached hydrogen (secondary N) is 6. The molecular weight excluding hydrogens is 1070 g/mol. The lowest BCUT2D eigenvalue weighted by Gasteiger charge is -2.08. The molecule has 2 fully saturated rings. The summed E-state index contributed by atoms with van der Waals surface area (Å²) < 4.78 is 5.34. The topological polar surface area (TPSA) is 320 Å². The maximum Gasteiger partial charge on any atom is 0.338 e. The average molecular weight is 1140 g/mol. The highest BCUT2D eigenvalue weighted by atomic mass is 35.5. The number of carbonyl (C=O) groups excluding carboxylic acids is 4. The third-order valence-electron chi connectivity index (χ3n) is 9.52. The molecule has 22 nitrogen and oxygen atoms in total. The van der Waals surface area contributed by atoms with Gasteiger partial charge in [-0.1, -0.05) is 159 Å². The van der Waals surface area contributed by atoms with Gasteiger partial charge < -0.3 is 42.4 Å². The molecule has 2 aliphatic rings. The number of aliphatic hydroxyl groups is 2. The first kappa shape index (κ1) is 69.5. The number of urea groups is 4. The molecule has 0 aromatic heterocycles. The fourth-order valence-electron chi connectivity index (χ4n) is 5.59. The number of ether oxygens (including phenoxy) is 1. The molecule has 0 saturated carbocycles. The van der Waals surface area contributed by atoms with E-state index < -0.39 is 12.1 Å². The van der Waals surface area contributed by atoms with Crippen molar-refractivity contribution in [1.29, 1.82) is 0 Å². The van der Waals surface area contributed by atoms with E-state index in [1.54, 1.807) is 38.7 Å². The number of amides is 8. The van der Waals surface area contributed by atoms with Crippen LogP contribution in [0.2, 0.25) is 0 Å². The summed E-state index contributed by atoms with van der Waals surface area (Å²) in [5.41, 5.74) is 21.4. The van der Waals surface area contributed by atoms with Gasteiger partial charge in [-0.2, -0.15) is 25.5 Å². The van der Waals surface area contributed by atoms with E-state index in [0.29, 0.717) is 18.3 Å². The highest BCUT2D eigenvalue weighted by Gasteiger charge is 2.24. The average Bonchev–Trinajstić information content (AvgIpc) is 4.03. The Morgan fingerprint density at radius 1 is 0.662 bits per heavy atom. The van der Waals surface area contributed by atoms with Crippen molar-refractivity contribution in [3.63, 3.8) is 0 Å². The summed E-state index contributed by atoms with van der Waals surface area (Å²) >= 11 is 5.55. The predicted octanol–water partition coefficient (Wildman–Crippen LogP) is 6.99. The molecule has 5 aromatic rings. The van der Waals surface area contributed by atoms with Crippen LogP contribution >= 0.6 is 24.0 Å². The molecule has 7 rings (SSSR count). The molecule has 0 unspecified atom stereocenters. The molecule has 0 aliphatic carbocycles. The molecule has 0 spiro atoms. The lowest BCUT2D eigenvalue weighted by Crippen LogP contribution is -2.40. The van der Waals surface area contributed by atoms with E-state index in [-0.39, 0.29) is 61.9 Å². The summed E-state index contributed by atoms with van der Waals surface area (Å²) in [5.74, 6) is 1.68. The van der Waals surface area contributed by atoms with E-state index in [4.69, 9.17) is 38.0 Å². The van der Waals surface area contributed by atoms with Crippen LogP contribution in [0, 0.1) is 5.92 Å². The normalized spacial score (nSPS) is 15.7. The molecule has 8 amide bonds. The van der Waals surface area contributed by atoms with Gasteiger partial charge >= 0.3 is 24.1 Å². The van der Waals surface area contributed by atoms with Gasteiger partial charge in [0.25, 0.3) is 0 Å². The van der Waals surface area contributed by atoms with E-state index in [9.17, 15) is 19.2 Å². The van der Waals surface area contributed by atoms with Crippen LogP contribution in [0.3, 0.4) is 0 Å². The Hall–Kier alpha value is -8.54. The van der Waals surface area contributed by atoms with Gasteiger partial charge in [0, 0.05) is 30.4 Å². The molecule has 80 heavy (non-hydrogen) atoms. The summed E-state index contributed by atoms with van der Waals surface area (Å²) in [7, 11) is 0. The van der Waals surface area contributed by atoms with Gasteiger partial charge in [0.15, 0.2) is 0 Å². The number of carbonyl (C=O) groups is 4. The van der Waals surface area contributed by atoms with Gasteiger partial charge in [-0.25, -0.2) is 40.5 Å². The Balaban J connectivity index is 0.000000489. The fourth-order valence-corrected chi connectivity index (χ4v) is 5.66. The van der Waals surface area contributed by atoms with Crippen molar-refractivity contribution < 1.29 is 34.1 Å². The molecule has 5 aromatic carbocycles. The zero-order chi connectivity index (χ0) is 57.9. The van der Waals surface area contributed by atoms with Crippen LogP contribution < -0.4 is 43.7 Å². The Bertz CT molecular complexity index is 2570. The van der Waals surface area contributed by atoms with E-state index in [0.717, 1.165) is 46.7 Å². The van der Waals surface area contributed by atoms with Crippen molar-refractivity contribution >= 4 is 85.1 Å². The Kier molecular flexibility index (Phi) is 37.7. The monoisotopic (exact) mass is 1140 g/mol. The number of rotatable bonds is 15. The number of primary amides is 1. The minimum atomic E-state index is -0.665. The van der Waals surface area contributed by atoms with E-state index >= 15 is 0 Å². The predicted molar refractivity (Wildman–Crippen MR) is 323 cm³/mol.